The number of allylic oxidation sites excluding steroid dienone is 6. The Morgan fingerprint density at radius 2 is 1.24 bits per heavy atom. The van der Waals surface area contributed by atoms with Crippen molar-refractivity contribution in [3.63, 3.8) is 0 Å². The Morgan fingerprint density at radius 3 is 1.65 bits per heavy atom. The first-order valence-corrected chi connectivity index (χ1v) is 5.24. The van der Waals surface area contributed by atoms with Gasteiger partial charge in [-0.1, -0.05) is 0 Å². The van der Waals surface area contributed by atoms with Crippen LogP contribution in [0.4, 0.5) is 0 Å². The maximum atomic E-state index is 2.16. The fourth-order valence-corrected chi connectivity index (χ4v) is 1.55. The highest BCUT2D eigenvalue weighted by Gasteiger charge is 2.03. The van der Waals surface area contributed by atoms with Crippen LogP contribution in [-0.4, -0.2) is 23.4 Å². The molecule has 0 fully saturated rings. The molecule has 0 N–H and O–H groups in total. The minimum Gasteiger partial charge on any atom is -0.357 e. The zero-order valence-electron chi connectivity index (χ0n) is 10.0. The molecule has 0 radical (unpaired) electrons. The summed E-state index contributed by atoms with van der Waals surface area (Å²) in [5, 5.41) is 0. The van der Waals surface area contributed by atoms with Gasteiger partial charge in [-0.2, -0.15) is 0 Å². The van der Waals surface area contributed by atoms with Gasteiger partial charge in [0.15, 0.2) is 0 Å². The van der Waals surface area contributed by atoms with Crippen LogP contribution in [0.2, 0.25) is 0 Å². The Bertz CT molecular complexity index is 360. The fraction of sp³-hybridized carbons (Fsp3) is 0.231. The van der Waals surface area contributed by atoms with E-state index in [9.17, 15) is 0 Å². The molecular weight excluding hydrogens is 255 g/mol. The fourth-order valence-electron chi connectivity index (χ4n) is 1.55. The average molecular weight is 273 g/mol. The van der Waals surface area contributed by atoms with Crippen molar-refractivity contribution in [2.24, 2.45) is 0 Å². The highest BCUT2D eigenvalue weighted by Crippen LogP contribution is 2.18. The Balaban J connectivity index is 0.00000128. The molecule has 0 aromatic heterocycles. The topological polar surface area (TPSA) is 6.48 Å². The van der Waals surface area contributed by atoms with Crippen LogP contribution in [0, 0.1) is 0 Å². The van der Waals surface area contributed by atoms with Gasteiger partial charge in [0, 0.05) is 38.4 Å². The Morgan fingerprint density at radius 1 is 0.824 bits per heavy atom. The Kier molecular flexibility index (Phi) is 6.78. The van der Waals surface area contributed by atoms with E-state index in [0.29, 0.717) is 0 Å². The van der Waals surface area contributed by atoms with E-state index < -0.39 is 0 Å². The predicted octanol–water partition coefficient (Wildman–Crippen LogP) is 3.46. The molecule has 0 bridgehead atoms. The summed E-state index contributed by atoms with van der Waals surface area (Å²) < 4.78 is 0. The monoisotopic (exact) mass is 272 g/mol. The van der Waals surface area contributed by atoms with Crippen molar-refractivity contribution in [1.82, 2.24) is 9.80 Å². The van der Waals surface area contributed by atoms with Gasteiger partial charge < -0.3 is 9.80 Å². The summed E-state index contributed by atoms with van der Waals surface area (Å²) in [6.07, 6.45) is 16.9. The van der Waals surface area contributed by atoms with Gasteiger partial charge in [0.2, 0.25) is 0 Å². The van der Waals surface area contributed by atoms with Crippen LogP contribution in [0.1, 0.15) is 6.92 Å². The number of hydrogen-bond donors (Lipinski definition) is 0. The summed E-state index contributed by atoms with van der Waals surface area (Å²) in [6.45, 7) is 3.16. The summed E-state index contributed by atoms with van der Waals surface area (Å²) in [4.78, 5) is 4.20. The van der Waals surface area contributed by atoms with Gasteiger partial charge in [0.25, 0.3) is 0 Å². The first kappa shape index (κ1) is 15.9. The first-order valence-electron chi connectivity index (χ1n) is 5.24. The van der Waals surface area contributed by atoms with Crippen LogP contribution in [0.15, 0.2) is 60.3 Å². The van der Waals surface area contributed by atoms with E-state index >= 15 is 0 Å². The van der Waals surface area contributed by atoms with E-state index in [0.717, 1.165) is 6.54 Å². The summed E-state index contributed by atoms with van der Waals surface area (Å²) in [5.41, 5.74) is 2.52. The summed E-state index contributed by atoms with van der Waals surface area (Å²) in [7, 11) is 2.03. The molecule has 0 aliphatic carbocycles. The Labute approximate surface area is 115 Å². The second-order valence-electron chi connectivity index (χ2n) is 3.67. The molecule has 0 saturated carbocycles. The standard InChI is InChI=1S/C13H16N2.2ClH/c1-3-15-10-6-13(7-11-15)12-4-8-14(2)9-5-12;;/h4-11H,3H2,1-2H3;2*1H. The van der Waals surface area contributed by atoms with Crippen molar-refractivity contribution in [3.05, 3.63) is 60.3 Å². The zero-order chi connectivity index (χ0) is 10.7. The minimum atomic E-state index is 0. The van der Waals surface area contributed by atoms with Gasteiger partial charge in [0.05, 0.1) is 0 Å². The lowest BCUT2D eigenvalue weighted by molar-refractivity contribution is 0.532. The average Bonchev–Trinajstić information content (AvgIpc) is 2.30. The molecule has 2 aliphatic rings. The second kappa shape index (κ2) is 7.25. The molecule has 0 saturated heterocycles. The van der Waals surface area contributed by atoms with E-state index in [1.54, 1.807) is 0 Å². The van der Waals surface area contributed by atoms with E-state index in [1.165, 1.54) is 11.1 Å². The lowest BCUT2D eigenvalue weighted by Crippen LogP contribution is -2.11. The summed E-state index contributed by atoms with van der Waals surface area (Å²) in [6, 6.07) is 0. The SMILES string of the molecule is CCN1C=CC(=C2C=CN(C)C=C2)C=C1.Cl.Cl. The number of hydrogen-bond acceptors (Lipinski definition) is 2. The molecule has 2 heterocycles. The van der Waals surface area contributed by atoms with Gasteiger partial charge in [-0.3, -0.25) is 0 Å². The third kappa shape index (κ3) is 3.99. The van der Waals surface area contributed by atoms with E-state index in [4.69, 9.17) is 0 Å². The Hall–Kier alpha value is -1.12. The smallest absolute Gasteiger partial charge is 0.0191 e. The van der Waals surface area contributed by atoms with E-state index in [-0.39, 0.29) is 24.8 Å². The number of nitrogens with zero attached hydrogens (tertiary/aromatic N) is 2. The molecule has 2 rings (SSSR count). The summed E-state index contributed by atoms with van der Waals surface area (Å²) >= 11 is 0. The second-order valence-corrected chi connectivity index (χ2v) is 3.67. The quantitative estimate of drug-likeness (QED) is 0.722. The van der Waals surface area contributed by atoms with Crippen molar-refractivity contribution < 1.29 is 0 Å². The van der Waals surface area contributed by atoms with Crippen molar-refractivity contribution in [3.8, 4) is 0 Å². The molecule has 2 nitrogen and oxygen atoms in total. The third-order valence-electron chi connectivity index (χ3n) is 2.57. The van der Waals surface area contributed by atoms with Gasteiger partial charge in [-0.15, -0.1) is 24.8 Å². The van der Waals surface area contributed by atoms with Gasteiger partial charge in [-0.25, -0.2) is 0 Å². The molecule has 0 aromatic rings. The molecule has 0 amide bonds. The molecule has 0 spiro atoms. The van der Waals surface area contributed by atoms with Gasteiger partial charge in [-0.05, 0) is 42.4 Å². The molecular formula is C13H18Cl2N2. The van der Waals surface area contributed by atoms with Crippen LogP contribution in [0.5, 0.6) is 0 Å². The van der Waals surface area contributed by atoms with Crippen molar-refractivity contribution >= 4 is 24.8 Å². The van der Waals surface area contributed by atoms with E-state index in [2.05, 4.69) is 60.9 Å². The van der Waals surface area contributed by atoms with Crippen LogP contribution in [0.3, 0.4) is 0 Å². The maximum Gasteiger partial charge on any atom is 0.0191 e. The minimum absolute atomic E-state index is 0. The number of halogens is 2. The number of rotatable bonds is 1. The molecule has 0 aromatic carbocycles. The summed E-state index contributed by atoms with van der Waals surface area (Å²) in [5.74, 6) is 0. The molecule has 0 unspecified atom stereocenters. The van der Waals surface area contributed by atoms with Crippen molar-refractivity contribution in [2.75, 3.05) is 13.6 Å². The highest BCUT2D eigenvalue weighted by atomic mass is 35.5. The third-order valence-corrected chi connectivity index (χ3v) is 2.57. The van der Waals surface area contributed by atoms with Crippen LogP contribution in [0.25, 0.3) is 0 Å². The van der Waals surface area contributed by atoms with E-state index in [1.807, 2.05) is 11.9 Å². The normalized spacial score (nSPS) is 17.1. The van der Waals surface area contributed by atoms with Gasteiger partial charge >= 0.3 is 0 Å². The molecule has 2 aliphatic heterocycles. The van der Waals surface area contributed by atoms with Crippen molar-refractivity contribution in [1.29, 1.82) is 0 Å². The molecule has 4 heteroatoms. The highest BCUT2D eigenvalue weighted by molar-refractivity contribution is 5.85. The molecule has 17 heavy (non-hydrogen) atoms. The van der Waals surface area contributed by atoms with Crippen molar-refractivity contribution in [2.45, 2.75) is 6.92 Å². The van der Waals surface area contributed by atoms with Crippen LogP contribution < -0.4 is 0 Å². The molecule has 94 valence electrons. The largest absolute Gasteiger partial charge is 0.357 e. The first-order chi connectivity index (χ1) is 7.29. The lowest BCUT2D eigenvalue weighted by Gasteiger charge is -2.18. The van der Waals surface area contributed by atoms with Crippen LogP contribution in [-0.2, 0) is 0 Å². The van der Waals surface area contributed by atoms with Gasteiger partial charge in [0.1, 0.15) is 0 Å². The zero-order valence-corrected chi connectivity index (χ0v) is 11.7. The lowest BCUT2D eigenvalue weighted by atomic mass is 10.1. The van der Waals surface area contributed by atoms with Crippen LogP contribution >= 0.6 is 24.8 Å². The molecule has 0 atom stereocenters. The maximum absolute atomic E-state index is 2.16. The predicted molar refractivity (Wildman–Crippen MR) is 78.2 cm³/mol.